The molecule has 260 valence electrons. The summed E-state index contributed by atoms with van der Waals surface area (Å²) in [4.78, 5) is 56.7. The first-order valence-electron chi connectivity index (χ1n) is 17.6. The van der Waals surface area contributed by atoms with Gasteiger partial charge in [0.25, 0.3) is 11.8 Å². The van der Waals surface area contributed by atoms with Crippen molar-refractivity contribution in [2.75, 3.05) is 27.2 Å². The van der Waals surface area contributed by atoms with Gasteiger partial charge in [-0.3, -0.25) is 19.3 Å². The zero-order valence-electron chi connectivity index (χ0n) is 30.2. The number of carbonyl (C=O) groups is 3. The fraction of sp³-hybridized carbons (Fsp3) is 0.462. The number of allylic oxidation sites excluding steroid dienone is 2. The molecule has 0 radical (unpaired) electrons. The lowest BCUT2D eigenvalue weighted by Crippen LogP contribution is -2.41. The highest BCUT2D eigenvalue weighted by Gasteiger charge is 2.37. The quantitative estimate of drug-likeness (QED) is 0.143. The molecule has 8 bridgehead atoms. The number of hydrogen-bond donors (Lipinski definition) is 3. The maximum Gasteiger partial charge on any atom is 0.305 e. The predicted molar refractivity (Wildman–Crippen MR) is 196 cm³/mol. The average Bonchev–Trinajstić information content (AvgIpc) is 3.82. The van der Waals surface area contributed by atoms with Gasteiger partial charge in [0.15, 0.2) is 0 Å². The Morgan fingerprint density at radius 2 is 1.73 bits per heavy atom. The summed E-state index contributed by atoms with van der Waals surface area (Å²) in [5.74, 6) is -0.433. The number of hydrogen-bond acceptors (Lipinski definition) is 7. The Labute approximate surface area is 289 Å². The molecule has 0 aromatic carbocycles. The average molecular weight is 667 g/mol. The number of ether oxygens (including phenoxy) is 1. The van der Waals surface area contributed by atoms with Gasteiger partial charge in [-0.15, -0.1) is 0 Å². The molecular weight excluding hydrogens is 616 g/mol. The second-order valence-corrected chi connectivity index (χ2v) is 13.1. The number of imide groups is 1. The number of methoxy groups -OCH3 is 1. The summed E-state index contributed by atoms with van der Waals surface area (Å²) in [5, 5.41) is 3.30. The van der Waals surface area contributed by atoms with Crippen LogP contribution in [0, 0.1) is 6.92 Å². The third-order valence-electron chi connectivity index (χ3n) is 9.73. The van der Waals surface area contributed by atoms with E-state index >= 15 is 0 Å². The molecule has 6 rings (SSSR count). The van der Waals surface area contributed by atoms with E-state index in [1.54, 1.807) is 6.92 Å². The molecule has 4 aliphatic heterocycles. The van der Waals surface area contributed by atoms with Crippen molar-refractivity contribution in [1.82, 2.24) is 30.2 Å². The summed E-state index contributed by atoms with van der Waals surface area (Å²) in [7, 11) is 3.33. The minimum Gasteiger partial charge on any atom is -0.469 e. The van der Waals surface area contributed by atoms with E-state index in [9.17, 15) is 14.4 Å². The molecular formula is C39H50N6O4. The highest BCUT2D eigenvalue weighted by atomic mass is 16.5. The molecule has 2 aromatic heterocycles. The molecule has 49 heavy (non-hydrogen) atoms. The summed E-state index contributed by atoms with van der Waals surface area (Å²) in [5.41, 5.74) is 12.3. The first-order chi connectivity index (χ1) is 23.6. The van der Waals surface area contributed by atoms with Crippen molar-refractivity contribution in [3.63, 3.8) is 0 Å². The van der Waals surface area contributed by atoms with Crippen LogP contribution in [0.3, 0.4) is 0 Å². The number of rotatable bonds is 9. The smallest absolute Gasteiger partial charge is 0.305 e. The number of esters is 1. The van der Waals surface area contributed by atoms with E-state index in [2.05, 4.69) is 65.9 Å². The lowest BCUT2D eigenvalue weighted by molar-refractivity contribution is -0.140. The van der Waals surface area contributed by atoms with E-state index in [-0.39, 0.29) is 23.7 Å². The second kappa shape index (κ2) is 15.3. The van der Waals surface area contributed by atoms with Crippen LogP contribution < -0.4 is 5.32 Å². The Kier molecular flexibility index (Phi) is 11.2. The molecule has 3 N–H and O–H groups in total. The van der Waals surface area contributed by atoms with Crippen LogP contribution >= 0.6 is 0 Å². The monoisotopic (exact) mass is 666 g/mol. The van der Waals surface area contributed by atoms with Crippen LogP contribution in [0.2, 0.25) is 0 Å². The molecule has 4 aliphatic rings. The van der Waals surface area contributed by atoms with Crippen LogP contribution in [0.25, 0.3) is 33.8 Å². The molecule has 0 fully saturated rings. The first kappa shape index (κ1) is 35.7. The minimum atomic E-state index is -0.224. The third kappa shape index (κ3) is 7.11. The zero-order chi connectivity index (χ0) is 35.4. The predicted octanol–water partition coefficient (Wildman–Crippen LogP) is 7.54. The van der Waals surface area contributed by atoms with Crippen molar-refractivity contribution in [3.8, 4) is 0 Å². The van der Waals surface area contributed by atoms with Crippen LogP contribution in [0.1, 0.15) is 140 Å². The lowest BCUT2D eigenvalue weighted by atomic mass is 9.96. The number of carbonyl (C=O) groups excluding carboxylic acids is 3. The van der Waals surface area contributed by atoms with E-state index < -0.39 is 0 Å². The molecule has 0 spiro atoms. The third-order valence-corrected chi connectivity index (χ3v) is 9.73. The van der Waals surface area contributed by atoms with E-state index in [0.29, 0.717) is 42.6 Å². The first-order valence-corrected chi connectivity index (χ1v) is 17.6. The summed E-state index contributed by atoms with van der Waals surface area (Å²) >= 11 is 0. The van der Waals surface area contributed by atoms with E-state index in [4.69, 9.17) is 9.97 Å². The van der Waals surface area contributed by atoms with Gasteiger partial charge in [0.2, 0.25) is 0 Å². The van der Waals surface area contributed by atoms with Gasteiger partial charge in [-0.05, 0) is 86.7 Å². The van der Waals surface area contributed by atoms with Gasteiger partial charge in [0.1, 0.15) is 0 Å². The molecule has 6 heterocycles. The van der Waals surface area contributed by atoms with Gasteiger partial charge in [-0.25, -0.2) is 9.97 Å². The summed E-state index contributed by atoms with van der Waals surface area (Å²) in [6, 6.07) is 6.23. The number of aromatic amines is 2. The number of aromatic nitrogens is 4. The fourth-order valence-corrected chi connectivity index (χ4v) is 6.80. The highest BCUT2D eigenvalue weighted by Crippen LogP contribution is 2.37. The van der Waals surface area contributed by atoms with E-state index in [1.807, 2.05) is 20.0 Å². The van der Waals surface area contributed by atoms with Crippen molar-refractivity contribution in [2.45, 2.75) is 92.4 Å². The van der Waals surface area contributed by atoms with Crippen LogP contribution in [0.15, 0.2) is 18.2 Å². The van der Waals surface area contributed by atoms with Crippen molar-refractivity contribution < 1.29 is 19.1 Å². The molecule has 10 nitrogen and oxygen atoms in total. The Bertz CT molecular complexity index is 1910. The van der Waals surface area contributed by atoms with Crippen molar-refractivity contribution in [2.24, 2.45) is 0 Å². The summed E-state index contributed by atoms with van der Waals surface area (Å²) in [6.07, 6.45) is 8.07. The Hall–Kier alpha value is -4.57. The standard InChI is InChI=1S/C35H42N6O2.C4H8O2/c1-7-9-10-11-12-41-34(42)31-21(5)27-17-28-22(8-2)14-23(37-28)15-29-24(18-36-6)20(4)26(39-29)16-25-19(3)13-30(38-25)32(35(41)43)33(31)40-27;1-3-4(5)6-2/h14-17,19,36,38,40H,7-13,18H2,1-6H3;3H2,1-2H3. The van der Waals surface area contributed by atoms with Gasteiger partial charge in [0.05, 0.1) is 46.5 Å². The number of amides is 2. The number of nitrogens with zero attached hydrogens (tertiary/aromatic N) is 3. The van der Waals surface area contributed by atoms with Gasteiger partial charge in [-0.2, -0.15) is 0 Å². The van der Waals surface area contributed by atoms with E-state index in [0.717, 1.165) is 94.1 Å². The molecule has 0 aliphatic carbocycles. The molecule has 1 atom stereocenters. The SMILES string of the molecule is CCC(=O)OC.CCCCCCN1C(=O)c2c3[nH]c(cc4nc(cc5nc(cc6[nH]c2c(c6C)C1=O)C(CC)=C5)C(CNC)=C4C)C(C)C3. The van der Waals surface area contributed by atoms with Gasteiger partial charge < -0.3 is 20.0 Å². The Morgan fingerprint density at radius 1 is 0.980 bits per heavy atom. The maximum absolute atomic E-state index is 14.2. The highest BCUT2D eigenvalue weighted by molar-refractivity contribution is 6.23. The van der Waals surface area contributed by atoms with Gasteiger partial charge in [0, 0.05) is 42.3 Å². The molecule has 0 saturated carbocycles. The number of aryl methyl sites for hydroxylation is 1. The molecule has 2 aromatic rings. The van der Waals surface area contributed by atoms with Crippen LogP contribution in [0.4, 0.5) is 0 Å². The summed E-state index contributed by atoms with van der Waals surface area (Å²) in [6.45, 7) is 13.4. The Balaban J connectivity index is 0.000000717. The molecule has 1 unspecified atom stereocenters. The number of fused-ring (bicyclic) bond motifs is 8. The molecule has 2 amide bonds. The van der Waals surface area contributed by atoms with Crippen LogP contribution in [-0.4, -0.2) is 69.9 Å². The lowest BCUT2D eigenvalue weighted by Gasteiger charge is -2.26. The fourth-order valence-electron chi connectivity index (χ4n) is 6.80. The van der Waals surface area contributed by atoms with Gasteiger partial charge >= 0.3 is 5.97 Å². The molecule has 10 heteroatoms. The zero-order valence-corrected chi connectivity index (χ0v) is 30.2. The number of nitrogens with one attached hydrogen (secondary N) is 3. The Morgan fingerprint density at radius 3 is 2.39 bits per heavy atom. The number of H-pyrrole nitrogens is 2. The summed E-state index contributed by atoms with van der Waals surface area (Å²) < 4.78 is 4.26. The molecule has 0 saturated heterocycles. The van der Waals surface area contributed by atoms with E-state index in [1.165, 1.54) is 12.0 Å². The largest absolute Gasteiger partial charge is 0.469 e. The number of likely N-dealkylation sites (N-methyl/N-ethyl adjacent to an activating group) is 1. The normalized spacial score (nSPS) is 16.0. The van der Waals surface area contributed by atoms with Crippen molar-refractivity contribution in [3.05, 3.63) is 69.1 Å². The van der Waals surface area contributed by atoms with Crippen molar-refractivity contribution >= 4 is 51.6 Å². The van der Waals surface area contributed by atoms with Crippen molar-refractivity contribution in [1.29, 1.82) is 0 Å². The topological polar surface area (TPSA) is 133 Å². The van der Waals surface area contributed by atoms with Crippen LogP contribution in [-0.2, 0) is 16.0 Å². The van der Waals surface area contributed by atoms with Gasteiger partial charge in [-0.1, -0.05) is 47.0 Å². The minimum absolute atomic E-state index is 0.157. The number of unbranched alkanes of at least 4 members (excludes halogenated alkanes) is 3. The maximum atomic E-state index is 14.2. The second-order valence-electron chi connectivity index (χ2n) is 13.1. The van der Waals surface area contributed by atoms with Crippen LogP contribution in [0.5, 0.6) is 0 Å².